The van der Waals surface area contributed by atoms with Crippen LogP contribution >= 0.6 is 0 Å². The highest BCUT2D eigenvalue weighted by Gasteiger charge is 2.41. The lowest BCUT2D eigenvalue weighted by atomic mass is 9.88. The average Bonchev–Trinajstić information content (AvgIpc) is 3.28. The molecule has 6 nitrogen and oxygen atoms in total. The molecule has 188 valence electrons. The Balaban J connectivity index is 1.49. The molecule has 2 atom stereocenters. The van der Waals surface area contributed by atoms with E-state index in [0.29, 0.717) is 5.56 Å². The van der Waals surface area contributed by atoms with E-state index in [-0.39, 0.29) is 12.0 Å². The zero-order valence-electron chi connectivity index (χ0n) is 20.9. The first kappa shape index (κ1) is 24.0. The lowest BCUT2D eigenvalue weighted by molar-refractivity contribution is -0.0374. The third-order valence-electron chi connectivity index (χ3n) is 6.76. The lowest BCUT2D eigenvalue weighted by Crippen LogP contribution is -2.52. The van der Waals surface area contributed by atoms with Crippen molar-refractivity contribution in [1.29, 1.82) is 0 Å². The maximum Gasteiger partial charge on any atom is 0.173 e. The number of ether oxygens (including phenoxy) is 1. The minimum atomic E-state index is -0.617. The van der Waals surface area contributed by atoms with Gasteiger partial charge >= 0.3 is 0 Å². The lowest BCUT2D eigenvalue weighted by Gasteiger charge is -2.45. The summed E-state index contributed by atoms with van der Waals surface area (Å²) in [5, 5.41) is 4.48. The van der Waals surface area contributed by atoms with E-state index in [1.807, 2.05) is 35.9 Å². The maximum absolute atomic E-state index is 14.0. The molecule has 5 rings (SSSR count). The van der Waals surface area contributed by atoms with Gasteiger partial charge in [0.25, 0.3) is 0 Å². The first-order valence-electron chi connectivity index (χ1n) is 12.2. The molecule has 0 unspecified atom stereocenters. The number of amidine groups is 1. The smallest absolute Gasteiger partial charge is 0.173 e. The summed E-state index contributed by atoms with van der Waals surface area (Å²) in [7, 11) is 1.66. The minimum absolute atomic E-state index is 0.108. The average molecular weight is 493 g/mol. The van der Waals surface area contributed by atoms with E-state index in [1.54, 1.807) is 13.4 Å². The van der Waals surface area contributed by atoms with Crippen molar-refractivity contribution in [2.75, 3.05) is 13.7 Å². The molecule has 0 spiro atoms. The number of imidazole rings is 1. The summed E-state index contributed by atoms with van der Waals surface area (Å²) >= 11 is 0. The summed E-state index contributed by atoms with van der Waals surface area (Å²) in [6.07, 6.45) is 7.08. The van der Waals surface area contributed by atoms with Gasteiger partial charge in [-0.25, -0.2) is 13.8 Å². The van der Waals surface area contributed by atoms with Gasteiger partial charge in [0, 0.05) is 24.4 Å². The largest absolute Gasteiger partial charge is 0.495 e. The number of hydrogen-bond acceptors (Lipinski definition) is 5. The number of oxime groups is 1. The molecule has 2 aliphatic rings. The number of aromatic nitrogens is 2. The molecule has 1 aromatic heterocycles. The van der Waals surface area contributed by atoms with Crippen LogP contribution in [-0.2, 0) is 4.84 Å². The molecule has 0 bridgehead atoms. The van der Waals surface area contributed by atoms with Crippen LogP contribution in [0.25, 0.3) is 11.8 Å². The first-order chi connectivity index (χ1) is 17.3. The molecule has 0 amide bonds. The van der Waals surface area contributed by atoms with Crippen molar-refractivity contribution in [3.8, 4) is 11.4 Å². The van der Waals surface area contributed by atoms with Crippen LogP contribution in [0.5, 0.6) is 5.75 Å². The predicted molar refractivity (Wildman–Crippen MR) is 135 cm³/mol. The number of halogens is 2. The van der Waals surface area contributed by atoms with E-state index >= 15 is 0 Å². The van der Waals surface area contributed by atoms with Crippen LogP contribution in [0.4, 0.5) is 8.78 Å². The number of rotatable bonds is 5. The monoisotopic (exact) mass is 492 g/mol. The molecule has 1 fully saturated rings. The number of benzene rings is 2. The predicted octanol–water partition coefficient (Wildman–Crippen LogP) is 6.06. The zero-order chi connectivity index (χ0) is 25.4. The fourth-order valence-corrected chi connectivity index (χ4v) is 5.17. The quantitative estimate of drug-likeness (QED) is 0.435. The van der Waals surface area contributed by atoms with Gasteiger partial charge < -0.3 is 19.0 Å². The van der Waals surface area contributed by atoms with Crippen molar-refractivity contribution in [2.45, 2.75) is 45.8 Å². The fourth-order valence-electron chi connectivity index (χ4n) is 5.17. The Morgan fingerprint density at radius 3 is 2.58 bits per heavy atom. The highest BCUT2D eigenvalue weighted by atomic mass is 19.1. The fraction of sp³-hybridized carbons (Fsp3) is 0.357. The highest BCUT2D eigenvalue weighted by molar-refractivity contribution is 6.03. The second-order valence-electron chi connectivity index (χ2n) is 9.70. The van der Waals surface area contributed by atoms with Gasteiger partial charge in [0.05, 0.1) is 30.9 Å². The maximum atomic E-state index is 14.0. The van der Waals surface area contributed by atoms with Gasteiger partial charge in [-0.3, -0.25) is 0 Å². The zero-order valence-corrected chi connectivity index (χ0v) is 20.9. The Morgan fingerprint density at radius 2 is 1.92 bits per heavy atom. The topological polar surface area (TPSA) is 51.9 Å². The number of piperidine rings is 1. The summed E-state index contributed by atoms with van der Waals surface area (Å²) in [6.45, 7) is 6.94. The third kappa shape index (κ3) is 4.59. The van der Waals surface area contributed by atoms with Crippen molar-refractivity contribution >= 4 is 11.9 Å². The van der Waals surface area contributed by atoms with E-state index < -0.39 is 17.7 Å². The number of fused-ring (bicyclic) bond motifs is 1. The SMILES string of the molecule is COc1cc(/C=C2\CCCN3C2=NO[C@H](c2cc(F)cc(F)c2)[C@@H]3C(C)C)ccc1-n1cnc(C)c1. The van der Waals surface area contributed by atoms with Crippen molar-refractivity contribution in [1.82, 2.24) is 14.5 Å². The second kappa shape index (κ2) is 9.76. The van der Waals surface area contributed by atoms with Crippen LogP contribution in [0.3, 0.4) is 0 Å². The van der Waals surface area contributed by atoms with Gasteiger partial charge in [-0.05, 0) is 67.2 Å². The summed E-state index contributed by atoms with van der Waals surface area (Å²) in [4.78, 5) is 12.5. The molecule has 36 heavy (non-hydrogen) atoms. The molecular formula is C28H30F2N4O2. The van der Waals surface area contributed by atoms with Crippen LogP contribution in [0.1, 0.15) is 49.6 Å². The van der Waals surface area contributed by atoms with E-state index in [9.17, 15) is 8.78 Å². The minimum Gasteiger partial charge on any atom is -0.495 e. The molecule has 0 radical (unpaired) electrons. The van der Waals surface area contributed by atoms with Crippen molar-refractivity contribution in [3.05, 3.63) is 83.0 Å². The van der Waals surface area contributed by atoms with Gasteiger partial charge in [0.15, 0.2) is 11.9 Å². The number of methoxy groups -OCH3 is 1. The van der Waals surface area contributed by atoms with Gasteiger partial charge in [-0.1, -0.05) is 25.1 Å². The number of hydrogen-bond donors (Lipinski definition) is 0. The molecule has 0 aliphatic carbocycles. The molecule has 1 saturated heterocycles. The molecule has 3 aromatic rings. The Labute approximate surface area is 209 Å². The number of aryl methyl sites for hydroxylation is 1. The Kier molecular flexibility index (Phi) is 6.51. The summed E-state index contributed by atoms with van der Waals surface area (Å²) in [5.74, 6) is 0.455. The summed E-state index contributed by atoms with van der Waals surface area (Å²) < 4.78 is 35.6. The Bertz CT molecular complexity index is 1310. The van der Waals surface area contributed by atoms with Crippen molar-refractivity contribution < 1.29 is 18.4 Å². The highest BCUT2D eigenvalue weighted by Crippen LogP contribution is 2.38. The van der Waals surface area contributed by atoms with Crippen LogP contribution < -0.4 is 4.74 Å². The van der Waals surface area contributed by atoms with E-state index in [2.05, 4.69) is 35.0 Å². The van der Waals surface area contributed by atoms with Gasteiger partial charge in [-0.2, -0.15) is 0 Å². The molecular weight excluding hydrogens is 462 g/mol. The first-order valence-corrected chi connectivity index (χ1v) is 12.2. The Morgan fingerprint density at radius 1 is 1.14 bits per heavy atom. The normalized spacial score (nSPS) is 20.8. The molecule has 8 heteroatoms. The molecule has 2 aromatic carbocycles. The van der Waals surface area contributed by atoms with Gasteiger partial charge in [-0.15, -0.1) is 0 Å². The molecule has 0 N–H and O–H groups in total. The summed E-state index contributed by atoms with van der Waals surface area (Å²) in [6, 6.07) is 9.49. The Hall–Kier alpha value is -3.68. The van der Waals surface area contributed by atoms with Crippen LogP contribution in [-0.4, -0.2) is 40.0 Å². The number of nitrogens with zero attached hydrogens (tertiary/aromatic N) is 4. The van der Waals surface area contributed by atoms with Crippen LogP contribution in [0.15, 0.2) is 59.7 Å². The van der Waals surface area contributed by atoms with Crippen LogP contribution in [0.2, 0.25) is 0 Å². The van der Waals surface area contributed by atoms with Crippen LogP contribution in [0, 0.1) is 24.5 Å². The van der Waals surface area contributed by atoms with E-state index in [1.165, 1.54) is 12.1 Å². The van der Waals surface area contributed by atoms with E-state index in [4.69, 9.17) is 9.57 Å². The standard InChI is InChI=1S/C28H30F2N4O2/c1-17(2)26-27(21-12-22(29)14-23(30)13-21)36-32-28-20(6-5-9-34(26)28)10-19-7-8-24(25(11-19)35-4)33-15-18(3)31-16-33/h7-8,10-17,26-27H,5-6,9H2,1-4H3/b20-10+/t26-,27+/m0/s1. The van der Waals surface area contributed by atoms with Crippen molar-refractivity contribution in [3.63, 3.8) is 0 Å². The van der Waals surface area contributed by atoms with Crippen molar-refractivity contribution in [2.24, 2.45) is 11.1 Å². The molecule has 2 aliphatic heterocycles. The van der Waals surface area contributed by atoms with Gasteiger partial charge in [0.2, 0.25) is 0 Å². The molecule has 0 saturated carbocycles. The third-order valence-corrected chi connectivity index (χ3v) is 6.76. The van der Waals surface area contributed by atoms with E-state index in [0.717, 1.165) is 59.6 Å². The van der Waals surface area contributed by atoms with Gasteiger partial charge in [0.1, 0.15) is 17.4 Å². The molecule has 3 heterocycles. The summed E-state index contributed by atoms with van der Waals surface area (Å²) in [5.41, 5.74) is 4.35. The second-order valence-corrected chi connectivity index (χ2v) is 9.70.